The van der Waals surface area contributed by atoms with E-state index in [1.165, 1.54) is 0 Å². The SMILES string of the molecule is CC(C)(C)OC(=O)CCOCC(COCCC(=O)O)(COCCC(=O)OC(C)(C)C)NC(=O)CCOCCOCCOCCOCCN=[N+]=[N-]. The first kappa shape index (κ1) is 46.9. The van der Waals surface area contributed by atoms with Gasteiger partial charge in [-0.1, -0.05) is 5.11 Å². The third kappa shape index (κ3) is 30.9. The summed E-state index contributed by atoms with van der Waals surface area (Å²) in [6, 6.07) is 0. The fourth-order valence-corrected chi connectivity index (χ4v) is 3.73. The number of amides is 1. The van der Waals surface area contributed by atoms with Crippen molar-refractivity contribution in [2.75, 3.05) is 99.0 Å². The van der Waals surface area contributed by atoms with Gasteiger partial charge in [-0.05, 0) is 47.1 Å². The lowest BCUT2D eigenvalue weighted by molar-refractivity contribution is -0.157. The smallest absolute Gasteiger partial charge is 0.308 e. The highest BCUT2D eigenvalue weighted by Crippen LogP contribution is 2.13. The summed E-state index contributed by atoms with van der Waals surface area (Å²) >= 11 is 0. The Hall–Kier alpha value is -3.09. The summed E-state index contributed by atoms with van der Waals surface area (Å²) in [5, 5.41) is 15.3. The van der Waals surface area contributed by atoms with Gasteiger partial charge in [0.1, 0.15) is 16.7 Å². The second kappa shape index (κ2) is 27.6. The van der Waals surface area contributed by atoms with Crippen LogP contribution in [0.5, 0.6) is 0 Å². The maximum Gasteiger partial charge on any atom is 0.308 e. The molecule has 18 nitrogen and oxygen atoms in total. The monoisotopic (exact) mass is 722 g/mol. The van der Waals surface area contributed by atoms with Gasteiger partial charge in [0.25, 0.3) is 0 Å². The largest absolute Gasteiger partial charge is 0.481 e. The Kier molecular flexibility index (Phi) is 25.9. The van der Waals surface area contributed by atoms with Gasteiger partial charge in [0.2, 0.25) is 5.91 Å². The number of hydrogen-bond donors (Lipinski definition) is 2. The molecule has 290 valence electrons. The minimum atomic E-state index is -1.30. The molecule has 18 heteroatoms. The van der Waals surface area contributed by atoms with Crippen LogP contribution in [0.1, 0.15) is 67.2 Å². The van der Waals surface area contributed by atoms with Crippen LogP contribution in [0, 0.1) is 0 Å². The summed E-state index contributed by atoms with van der Waals surface area (Å²) in [5.74, 6) is -2.40. The zero-order valence-electron chi connectivity index (χ0n) is 30.5. The van der Waals surface area contributed by atoms with Gasteiger partial charge in [-0.2, -0.15) is 0 Å². The topological polar surface area (TPSA) is 232 Å². The predicted molar refractivity (Wildman–Crippen MR) is 178 cm³/mol. The van der Waals surface area contributed by atoms with Crippen molar-refractivity contribution in [3.8, 4) is 0 Å². The summed E-state index contributed by atoms with van der Waals surface area (Å²) in [5.41, 5.74) is 5.57. The van der Waals surface area contributed by atoms with Gasteiger partial charge in [0.15, 0.2) is 0 Å². The fraction of sp³-hybridized carbons (Fsp3) is 0.875. The lowest BCUT2D eigenvalue weighted by Gasteiger charge is -2.34. The van der Waals surface area contributed by atoms with E-state index in [-0.39, 0.29) is 91.7 Å². The summed E-state index contributed by atoms with van der Waals surface area (Å²) in [6.45, 7) is 12.5. The summed E-state index contributed by atoms with van der Waals surface area (Å²) in [4.78, 5) is 51.0. The Bertz CT molecular complexity index is 974. The first-order chi connectivity index (χ1) is 23.6. The molecule has 0 aliphatic heterocycles. The van der Waals surface area contributed by atoms with Crippen LogP contribution in [0.4, 0.5) is 0 Å². The van der Waals surface area contributed by atoms with Crippen LogP contribution in [0.25, 0.3) is 10.4 Å². The van der Waals surface area contributed by atoms with Gasteiger partial charge in [-0.15, -0.1) is 0 Å². The first-order valence-electron chi connectivity index (χ1n) is 16.6. The van der Waals surface area contributed by atoms with Crippen molar-refractivity contribution in [3.05, 3.63) is 10.4 Å². The van der Waals surface area contributed by atoms with Crippen molar-refractivity contribution in [1.29, 1.82) is 0 Å². The molecule has 0 atom stereocenters. The molecule has 0 bridgehead atoms. The van der Waals surface area contributed by atoms with E-state index in [1.807, 2.05) is 0 Å². The predicted octanol–water partition coefficient (Wildman–Crippen LogP) is 2.60. The zero-order chi connectivity index (χ0) is 37.7. The third-order valence-electron chi connectivity index (χ3n) is 5.73. The molecule has 0 unspecified atom stereocenters. The minimum Gasteiger partial charge on any atom is -0.481 e. The van der Waals surface area contributed by atoms with E-state index in [0.717, 1.165) is 0 Å². The molecule has 0 spiro atoms. The van der Waals surface area contributed by atoms with E-state index in [9.17, 15) is 19.2 Å². The van der Waals surface area contributed by atoms with Crippen LogP contribution in [-0.4, -0.2) is 145 Å². The molecule has 0 saturated carbocycles. The van der Waals surface area contributed by atoms with Crippen LogP contribution >= 0.6 is 0 Å². The van der Waals surface area contributed by atoms with Crippen molar-refractivity contribution in [1.82, 2.24) is 5.32 Å². The fourth-order valence-electron chi connectivity index (χ4n) is 3.73. The van der Waals surface area contributed by atoms with Crippen molar-refractivity contribution in [3.63, 3.8) is 0 Å². The third-order valence-corrected chi connectivity index (χ3v) is 5.73. The van der Waals surface area contributed by atoms with E-state index >= 15 is 0 Å². The molecule has 0 aromatic rings. The minimum absolute atomic E-state index is 0.0274. The first-order valence-corrected chi connectivity index (χ1v) is 16.6. The van der Waals surface area contributed by atoms with E-state index in [0.29, 0.717) is 33.0 Å². The van der Waals surface area contributed by atoms with Gasteiger partial charge in [-0.3, -0.25) is 19.2 Å². The number of esters is 2. The molecule has 2 N–H and O–H groups in total. The molecular formula is C32H58N4O14. The molecule has 0 saturated heterocycles. The summed E-state index contributed by atoms with van der Waals surface area (Å²) in [7, 11) is 0. The second-order valence-corrected chi connectivity index (χ2v) is 13.0. The molecule has 0 rings (SSSR count). The Labute approximate surface area is 294 Å². The van der Waals surface area contributed by atoms with Gasteiger partial charge >= 0.3 is 17.9 Å². The highest BCUT2D eigenvalue weighted by molar-refractivity contribution is 5.77. The maximum absolute atomic E-state index is 13.0. The molecule has 0 aromatic heterocycles. The number of carboxylic acids is 1. The van der Waals surface area contributed by atoms with E-state index in [2.05, 4.69) is 15.3 Å². The lowest BCUT2D eigenvalue weighted by atomic mass is 10.0. The number of rotatable bonds is 31. The normalized spacial score (nSPS) is 11.9. The van der Waals surface area contributed by atoms with Crippen LogP contribution in [0.3, 0.4) is 0 Å². The molecule has 0 aliphatic carbocycles. The number of carbonyl (C=O) groups excluding carboxylic acids is 3. The second-order valence-electron chi connectivity index (χ2n) is 13.0. The van der Waals surface area contributed by atoms with Crippen molar-refractivity contribution < 1.29 is 66.9 Å². The van der Waals surface area contributed by atoms with Crippen molar-refractivity contribution in [2.45, 2.75) is 84.0 Å². The molecule has 0 fully saturated rings. The maximum atomic E-state index is 13.0. The Morgan fingerprint density at radius 2 is 0.960 bits per heavy atom. The number of ether oxygens (including phenoxy) is 9. The molecule has 0 aromatic carbocycles. The van der Waals surface area contributed by atoms with Crippen LogP contribution in [0.2, 0.25) is 0 Å². The number of nitrogens with zero attached hydrogens (tertiary/aromatic N) is 3. The number of nitrogens with one attached hydrogen (secondary N) is 1. The molecule has 50 heavy (non-hydrogen) atoms. The lowest BCUT2D eigenvalue weighted by Crippen LogP contribution is -2.59. The van der Waals surface area contributed by atoms with Crippen LogP contribution < -0.4 is 5.32 Å². The number of carboxylic acid groups (broad SMARTS) is 1. The average molecular weight is 723 g/mol. The number of hydrogen-bond acceptors (Lipinski definition) is 14. The summed E-state index contributed by atoms with van der Waals surface area (Å²) in [6.07, 6.45) is -0.385. The Balaban J connectivity index is 5.01. The van der Waals surface area contributed by atoms with Crippen LogP contribution in [0.15, 0.2) is 5.11 Å². The molecular weight excluding hydrogens is 664 g/mol. The highest BCUT2D eigenvalue weighted by atomic mass is 16.6. The summed E-state index contributed by atoms with van der Waals surface area (Å²) < 4.78 is 49.3. The van der Waals surface area contributed by atoms with Crippen molar-refractivity contribution >= 4 is 23.8 Å². The van der Waals surface area contributed by atoms with Gasteiger partial charge in [-0.25, -0.2) is 0 Å². The molecule has 0 aliphatic rings. The quantitative estimate of drug-likeness (QED) is 0.0344. The van der Waals surface area contributed by atoms with Gasteiger partial charge in [0, 0.05) is 17.9 Å². The van der Waals surface area contributed by atoms with E-state index in [1.54, 1.807) is 41.5 Å². The zero-order valence-corrected chi connectivity index (χ0v) is 30.5. The molecule has 0 radical (unpaired) electrons. The number of azide groups is 1. The number of carbonyl (C=O) groups is 4. The Morgan fingerprint density at radius 1 is 0.580 bits per heavy atom. The highest BCUT2D eigenvalue weighted by Gasteiger charge is 2.34. The van der Waals surface area contributed by atoms with Gasteiger partial charge in [0.05, 0.1) is 112 Å². The van der Waals surface area contributed by atoms with Crippen molar-refractivity contribution in [2.24, 2.45) is 5.11 Å². The van der Waals surface area contributed by atoms with Crippen LogP contribution in [-0.2, 0) is 61.8 Å². The standard InChI is InChI=1S/C32H58N4O14/c1-30(2,3)49-28(40)9-14-47-24-32(23-46-13-8-27(38)39,25-48-15-10-29(41)50-31(4,5)6)35-26(37)7-12-42-17-19-44-21-22-45-20-18-43-16-11-34-36-33/h7-25H2,1-6H3,(H,35,37)(H,38,39). The number of aliphatic carboxylic acids is 1. The van der Waals surface area contributed by atoms with E-state index < -0.39 is 40.6 Å². The molecule has 0 heterocycles. The Morgan fingerprint density at radius 3 is 1.36 bits per heavy atom. The van der Waals surface area contributed by atoms with Gasteiger partial charge < -0.3 is 53.1 Å². The molecule has 1 amide bonds. The average Bonchev–Trinajstić information content (AvgIpc) is 3.00. The van der Waals surface area contributed by atoms with E-state index in [4.69, 9.17) is 53.3 Å².